The van der Waals surface area contributed by atoms with Gasteiger partial charge in [0.25, 0.3) is 0 Å². The molecule has 9 heteroatoms. The molecular formula is C13H14ClN3O3S2. The van der Waals surface area contributed by atoms with Crippen LogP contribution in [0.2, 0.25) is 0 Å². The maximum Gasteiger partial charge on any atom is 0.319 e. The van der Waals surface area contributed by atoms with Crippen LogP contribution in [0.3, 0.4) is 0 Å². The molecule has 1 fully saturated rings. The van der Waals surface area contributed by atoms with Crippen molar-refractivity contribution in [1.29, 1.82) is 0 Å². The van der Waals surface area contributed by atoms with Crippen LogP contribution in [0.4, 0.5) is 10.5 Å². The third kappa shape index (κ3) is 3.34. The van der Waals surface area contributed by atoms with Crippen LogP contribution in [0, 0.1) is 6.92 Å². The van der Waals surface area contributed by atoms with Crippen molar-refractivity contribution in [1.82, 2.24) is 10.3 Å². The lowest BCUT2D eigenvalue weighted by Crippen LogP contribution is -2.42. The molecule has 1 aromatic heterocycles. The lowest BCUT2D eigenvalue weighted by atomic mass is 10.2. The molecule has 1 aliphatic rings. The van der Waals surface area contributed by atoms with E-state index in [9.17, 15) is 13.2 Å². The molecule has 0 aliphatic carbocycles. The first-order valence-electron chi connectivity index (χ1n) is 6.62. The fraction of sp³-hybridized carbons (Fsp3) is 0.385. The second-order valence-corrected chi connectivity index (χ2v) is 9.16. The number of anilines is 1. The lowest BCUT2D eigenvalue weighted by Gasteiger charge is -2.15. The standard InChI is InChI=1S/C13H14ClN3O3S2/c1-7-15-10-3-2-8(4-12(10)21-7)16-13(18)17-11-6-22(19,20)5-9(11)14/h2-4,9,11H,5-6H2,1H3,(H2,16,17,18)/t9-,11-/m0/s1. The van der Waals surface area contributed by atoms with E-state index < -0.39 is 27.3 Å². The number of benzene rings is 1. The largest absolute Gasteiger partial charge is 0.333 e. The molecule has 0 unspecified atom stereocenters. The highest BCUT2D eigenvalue weighted by molar-refractivity contribution is 7.91. The van der Waals surface area contributed by atoms with Crippen LogP contribution >= 0.6 is 22.9 Å². The molecule has 118 valence electrons. The van der Waals surface area contributed by atoms with Gasteiger partial charge in [-0.1, -0.05) is 0 Å². The normalized spacial score (nSPS) is 23.5. The minimum atomic E-state index is -3.17. The van der Waals surface area contributed by atoms with Gasteiger partial charge in [-0.15, -0.1) is 22.9 Å². The van der Waals surface area contributed by atoms with Crippen LogP contribution < -0.4 is 10.6 Å². The van der Waals surface area contributed by atoms with Gasteiger partial charge in [0, 0.05) is 5.69 Å². The number of halogens is 1. The second kappa shape index (κ2) is 5.68. The monoisotopic (exact) mass is 359 g/mol. The lowest BCUT2D eigenvalue weighted by molar-refractivity contribution is 0.249. The van der Waals surface area contributed by atoms with Gasteiger partial charge < -0.3 is 10.6 Å². The average molecular weight is 360 g/mol. The fourth-order valence-corrected chi connectivity index (χ4v) is 5.81. The predicted molar refractivity (Wildman–Crippen MR) is 88.6 cm³/mol. The molecule has 2 aromatic rings. The Hall–Kier alpha value is -1.38. The van der Waals surface area contributed by atoms with Crippen LogP contribution in [0.1, 0.15) is 5.01 Å². The van der Waals surface area contributed by atoms with Gasteiger partial charge in [-0.3, -0.25) is 0 Å². The number of sulfone groups is 1. The van der Waals surface area contributed by atoms with E-state index in [-0.39, 0.29) is 11.5 Å². The number of aryl methyl sites for hydroxylation is 1. The van der Waals surface area contributed by atoms with Gasteiger partial charge in [0.05, 0.1) is 38.1 Å². The molecule has 1 saturated heterocycles. The van der Waals surface area contributed by atoms with E-state index in [0.717, 1.165) is 15.2 Å². The van der Waals surface area contributed by atoms with Crippen LogP contribution in [0.5, 0.6) is 0 Å². The number of hydrogen-bond acceptors (Lipinski definition) is 5. The Morgan fingerprint density at radius 2 is 2.18 bits per heavy atom. The summed E-state index contributed by atoms with van der Waals surface area (Å²) in [5.41, 5.74) is 1.51. The van der Waals surface area contributed by atoms with Crippen LogP contribution in [-0.2, 0) is 9.84 Å². The SMILES string of the molecule is Cc1nc2ccc(NC(=O)N[C@H]3CS(=O)(=O)C[C@@H]3Cl)cc2s1. The van der Waals surface area contributed by atoms with E-state index in [2.05, 4.69) is 15.6 Å². The van der Waals surface area contributed by atoms with Crippen molar-refractivity contribution in [3.63, 3.8) is 0 Å². The first kappa shape index (κ1) is 15.5. The minimum Gasteiger partial charge on any atom is -0.333 e. The van der Waals surface area contributed by atoms with Crippen molar-refractivity contribution in [3.8, 4) is 0 Å². The number of carbonyl (C=O) groups excluding carboxylic acids is 1. The quantitative estimate of drug-likeness (QED) is 0.804. The first-order valence-corrected chi connectivity index (χ1v) is 9.69. The fourth-order valence-electron chi connectivity index (χ4n) is 2.39. The molecule has 0 bridgehead atoms. The maximum atomic E-state index is 12.0. The molecule has 1 aliphatic heterocycles. The number of fused-ring (bicyclic) bond motifs is 1. The Kier molecular flexibility index (Phi) is 4.00. The Bertz CT molecular complexity index is 834. The molecule has 3 rings (SSSR count). The number of nitrogens with one attached hydrogen (secondary N) is 2. The highest BCUT2D eigenvalue weighted by Gasteiger charge is 2.37. The van der Waals surface area contributed by atoms with Crippen molar-refractivity contribution in [2.24, 2.45) is 0 Å². The van der Waals surface area contributed by atoms with Crippen molar-refractivity contribution in [2.45, 2.75) is 18.3 Å². The van der Waals surface area contributed by atoms with E-state index >= 15 is 0 Å². The highest BCUT2D eigenvalue weighted by atomic mass is 35.5. The Morgan fingerprint density at radius 3 is 2.86 bits per heavy atom. The summed E-state index contributed by atoms with van der Waals surface area (Å²) in [6.07, 6.45) is 0. The molecule has 1 aromatic carbocycles. The van der Waals surface area contributed by atoms with E-state index in [1.165, 1.54) is 0 Å². The summed E-state index contributed by atoms with van der Waals surface area (Å²) in [6, 6.07) is 4.39. The number of nitrogens with zero attached hydrogens (tertiary/aromatic N) is 1. The topological polar surface area (TPSA) is 88.2 Å². The molecule has 0 saturated carbocycles. The minimum absolute atomic E-state index is 0.106. The molecule has 2 atom stereocenters. The highest BCUT2D eigenvalue weighted by Crippen LogP contribution is 2.25. The molecule has 0 spiro atoms. The summed E-state index contributed by atoms with van der Waals surface area (Å²) in [6.45, 7) is 1.92. The summed E-state index contributed by atoms with van der Waals surface area (Å²) in [4.78, 5) is 16.3. The third-order valence-corrected chi connectivity index (χ3v) is 6.66. The van der Waals surface area contributed by atoms with Gasteiger partial charge >= 0.3 is 6.03 Å². The Morgan fingerprint density at radius 1 is 1.41 bits per heavy atom. The molecule has 22 heavy (non-hydrogen) atoms. The zero-order valence-corrected chi connectivity index (χ0v) is 14.1. The Balaban J connectivity index is 1.68. The van der Waals surface area contributed by atoms with Crippen molar-refractivity contribution < 1.29 is 13.2 Å². The van der Waals surface area contributed by atoms with Crippen LogP contribution in [-0.4, -0.2) is 42.4 Å². The van der Waals surface area contributed by atoms with E-state index in [1.54, 1.807) is 17.4 Å². The number of aromatic nitrogens is 1. The number of rotatable bonds is 2. The zero-order chi connectivity index (χ0) is 15.9. The van der Waals surface area contributed by atoms with E-state index in [0.29, 0.717) is 5.69 Å². The van der Waals surface area contributed by atoms with Gasteiger partial charge in [-0.25, -0.2) is 18.2 Å². The molecule has 6 nitrogen and oxygen atoms in total. The molecular weight excluding hydrogens is 346 g/mol. The van der Waals surface area contributed by atoms with E-state index in [1.807, 2.05) is 19.1 Å². The summed E-state index contributed by atoms with van der Waals surface area (Å²) < 4.78 is 23.9. The van der Waals surface area contributed by atoms with Gasteiger partial charge in [-0.2, -0.15) is 0 Å². The molecule has 0 radical (unpaired) electrons. The smallest absolute Gasteiger partial charge is 0.319 e. The van der Waals surface area contributed by atoms with Crippen molar-refractivity contribution in [3.05, 3.63) is 23.2 Å². The van der Waals surface area contributed by atoms with Gasteiger partial charge in [-0.05, 0) is 25.1 Å². The number of amides is 2. The molecule has 2 N–H and O–H groups in total. The molecule has 2 heterocycles. The first-order chi connectivity index (χ1) is 10.3. The maximum absolute atomic E-state index is 12.0. The Labute approximate surface area is 136 Å². The van der Waals surface area contributed by atoms with E-state index in [4.69, 9.17) is 11.6 Å². The average Bonchev–Trinajstić information content (AvgIpc) is 2.87. The predicted octanol–water partition coefficient (Wildman–Crippen LogP) is 2.13. The number of alkyl halides is 1. The van der Waals surface area contributed by atoms with Gasteiger partial charge in [0.15, 0.2) is 9.84 Å². The summed E-state index contributed by atoms with van der Waals surface area (Å²) in [5, 5.41) is 5.67. The second-order valence-electron chi connectivity index (χ2n) is 5.21. The molecule has 2 amide bonds. The zero-order valence-electron chi connectivity index (χ0n) is 11.7. The third-order valence-electron chi connectivity index (χ3n) is 3.35. The summed E-state index contributed by atoms with van der Waals surface area (Å²) >= 11 is 7.51. The van der Waals surface area contributed by atoms with Crippen molar-refractivity contribution >= 4 is 54.7 Å². The van der Waals surface area contributed by atoms with Crippen molar-refractivity contribution in [2.75, 3.05) is 16.8 Å². The number of hydrogen-bond donors (Lipinski definition) is 2. The summed E-state index contributed by atoms with van der Waals surface area (Å²) in [5.74, 6) is -0.229. The van der Waals surface area contributed by atoms with Crippen LogP contribution in [0.15, 0.2) is 18.2 Å². The summed E-state index contributed by atoms with van der Waals surface area (Å²) in [7, 11) is -3.17. The van der Waals surface area contributed by atoms with Gasteiger partial charge in [0.1, 0.15) is 0 Å². The van der Waals surface area contributed by atoms with Gasteiger partial charge in [0.2, 0.25) is 0 Å². The number of carbonyl (C=O) groups is 1. The number of thiazole rings is 1. The number of urea groups is 1. The van der Waals surface area contributed by atoms with Crippen LogP contribution in [0.25, 0.3) is 10.2 Å².